The van der Waals surface area contributed by atoms with Crippen LogP contribution in [0.3, 0.4) is 0 Å². The highest BCUT2D eigenvalue weighted by Gasteiger charge is 2.22. The minimum Gasteiger partial charge on any atom is -0.378 e. The Bertz CT molecular complexity index is 594. The molecular weight excluding hydrogens is 304 g/mol. The molecule has 1 aliphatic heterocycles. The van der Waals surface area contributed by atoms with Gasteiger partial charge in [0.1, 0.15) is 0 Å². The topological polar surface area (TPSA) is 9.23 Å². The van der Waals surface area contributed by atoms with Gasteiger partial charge in [-0.05, 0) is 36.0 Å². The highest BCUT2D eigenvalue weighted by molar-refractivity contribution is 5.63. The minimum absolute atomic E-state index is 0.501. The molecule has 0 aliphatic carbocycles. The standard InChI is InChI=1S/C24H32O/c1-2-3-4-5-9-12-24-18-17-23(19-25-24)22-15-13-21(14-16-22)20-10-7-6-8-11-20/h6-8,10-11,13-16,23-24H,2-5,9,12,17-19H2,1H3. The van der Waals surface area contributed by atoms with Gasteiger partial charge in [0.2, 0.25) is 0 Å². The lowest BCUT2D eigenvalue weighted by atomic mass is 9.89. The summed E-state index contributed by atoms with van der Waals surface area (Å²) in [6, 6.07) is 19.7. The van der Waals surface area contributed by atoms with E-state index in [-0.39, 0.29) is 0 Å². The van der Waals surface area contributed by atoms with Crippen LogP contribution in [-0.4, -0.2) is 12.7 Å². The maximum absolute atomic E-state index is 6.17. The summed E-state index contributed by atoms with van der Waals surface area (Å²) in [4.78, 5) is 0. The molecule has 25 heavy (non-hydrogen) atoms. The molecular formula is C24H32O. The van der Waals surface area contributed by atoms with E-state index < -0.39 is 0 Å². The molecule has 2 aromatic rings. The van der Waals surface area contributed by atoms with Gasteiger partial charge in [0, 0.05) is 5.92 Å². The van der Waals surface area contributed by atoms with Gasteiger partial charge in [0.15, 0.2) is 0 Å². The maximum Gasteiger partial charge on any atom is 0.0575 e. The van der Waals surface area contributed by atoms with Gasteiger partial charge >= 0.3 is 0 Å². The second kappa shape index (κ2) is 9.77. The first-order valence-electron chi connectivity index (χ1n) is 10.1. The molecule has 134 valence electrons. The normalized spacial score (nSPS) is 20.5. The van der Waals surface area contributed by atoms with Crippen LogP contribution < -0.4 is 0 Å². The van der Waals surface area contributed by atoms with Crippen molar-refractivity contribution in [3.63, 3.8) is 0 Å². The number of ether oxygens (including phenoxy) is 1. The van der Waals surface area contributed by atoms with Gasteiger partial charge in [-0.15, -0.1) is 0 Å². The molecule has 0 radical (unpaired) electrons. The fraction of sp³-hybridized carbons (Fsp3) is 0.500. The van der Waals surface area contributed by atoms with Crippen LogP contribution in [0.5, 0.6) is 0 Å². The van der Waals surface area contributed by atoms with Crippen molar-refractivity contribution < 1.29 is 4.74 Å². The zero-order valence-electron chi connectivity index (χ0n) is 15.6. The van der Waals surface area contributed by atoms with Crippen LogP contribution in [0.2, 0.25) is 0 Å². The Kier molecular flexibility index (Phi) is 7.11. The third-order valence-electron chi connectivity index (χ3n) is 5.49. The average Bonchev–Trinajstić information content (AvgIpc) is 2.69. The van der Waals surface area contributed by atoms with E-state index in [0.717, 1.165) is 6.61 Å². The summed E-state index contributed by atoms with van der Waals surface area (Å²) in [7, 11) is 0. The van der Waals surface area contributed by atoms with Crippen LogP contribution in [0.1, 0.15) is 69.8 Å². The van der Waals surface area contributed by atoms with Gasteiger partial charge in [-0.1, -0.05) is 93.6 Å². The van der Waals surface area contributed by atoms with Crippen molar-refractivity contribution in [1.82, 2.24) is 0 Å². The molecule has 0 amide bonds. The van der Waals surface area contributed by atoms with Gasteiger partial charge < -0.3 is 4.74 Å². The van der Waals surface area contributed by atoms with Crippen molar-refractivity contribution in [3.05, 3.63) is 60.2 Å². The zero-order valence-corrected chi connectivity index (χ0v) is 15.6. The summed E-state index contributed by atoms with van der Waals surface area (Å²) in [5.74, 6) is 0.571. The zero-order chi connectivity index (χ0) is 17.3. The second-order valence-electron chi connectivity index (χ2n) is 7.42. The summed E-state index contributed by atoms with van der Waals surface area (Å²) in [6.07, 6.45) is 11.0. The molecule has 0 aromatic heterocycles. The molecule has 0 saturated carbocycles. The SMILES string of the molecule is CCCCCCCC1CCC(c2ccc(-c3ccccc3)cc2)CO1. The van der Waals surface area contributed by atoms with Crippen LogP contribution >= 0.6 is 0 Å². The molecule has 0 bridgehead atoms. The maximum atomic E-state index is 6.17. The third kappa shape index (κ3) is 5.44. The van der Waals surface area contributed by atoms with Crippen LogP contribution in [0, 0.1) is 0 Å². The fourth-order valence-electron chi connectivity index (χ4n) is 3.85. The van der Waals surface area contributed by atoms with Crippen molar-refractivity contribution in [2.24, 2.45) is 0 Å². The minimum atomic E-state index is 0.501. The van der Waals surface area contributed by atoms with E-state index in [1.807, 2.05) is 0 Å². The van der Waals surface area contributed by atoms with Crippen molar-refractivity contribution in [2.45, 2.75) is 70.3 Å². The number of hydrogen-bond donors (Lipinski definition) is 0. The first kappa shape index (κ1) is 18.2. The number of benzene rings is 2. The fourth-order valence-corrected chi connectivity index (χ4v) is 3.85. The quantitative estimate of drug-likeness (QED) is 0.473. The lowest BCUT2D eigenvalue weighted by Gasteiger charge is -2.29. The summed E-state index contributed by atoms with van der Waals surface area (Å²) < 4.78 is 6.17. The highest BCUT2D eigenvalue weighted by atomic mass is 16.5. The summed E-state index contributed by atoms with van der Waals surface area (Å²) in [5.41, 5.74) is 4.02. The molecule has 1 saturated heterocycles. The Morgan fingerprint density at radius 2 is 1.52 bits per heavy atom. The lowest BCUT2D eigenvalue weighted by molar-refractivity contribution is -0.00213. The van der Waals surface area contributed by atoms with E-state index >= 15 is 0 Å². The largest absolute Gasteiger partial charge is 0.378 e. The Morgan fingerprint density at radius 3 is 2.20 bits per heavy atom. The predicted molar refractivity (Wildman–Crippen MR) is 107 cm³/mol. The first-order chi connectivity index (χ1) is 12.4. The van der Waals surface area contributed by atoms with Crippen LogP contribution in [0.15, 0.2) is 54.6 Å². The first-order valence-corrected chi connectivity index (χ1v) is 10.1. The van der Waals surface area contributed by atoms with Gasteiger partial charge in [-0.2, -0.15) is 0 Å². The molecule has 1 fully saturated rings. The summed E-state index contributed by atoms with van der Waals surface area (Å²) >= 11 is 0. The van der Waals surface area contributed by atoms with Gasteiger partial charge in [-0.25, -0.2) is 0 Å². The predicted octanol–water partition coefficient (Wildman–Crippen LogP) is 6.98. The molecule has 1 nitrogen and oxygen atoms in total. The van der Waals surface area contributed by atoms with E-state index in [1.165, 1.54) is 68.1 Å². The smallest absolute Gasteiger partial charge is 0.0575 e. The van der Waals surface area contributed by atoms with Gasteiger partial charge in [0.25, 0.3) is 0 Å². The molecule has 1 aliphatic rings. The monoisotopic (exact) mass is 336 g/mol. The molecule has 0 spiro atoms. The van der Waals surface area contributed by atoms with E-state index in [2.05, 4.69) is 61.5 Å². The van der Waals surface area contributed by atoms with E-state index in [0.29, 0.717) is 12.0 Å². The Labute approximate surface area is 153 Å². The van der Waals surface area contributed by atoms with Gasteiger partial charge in [-0.3, -0.25) is 0 Å². The molecule has 0 N–H and O–H groups in total. The lowest BCUT2D eigenvalue weighted by Crippen LogP contribution is -2.24. The van der Waals surface area contributed by atoms with Crippen molar-refractivity contribution >= 4 is 0 Å². The van der Waals surface area contributed by atoms with E-state index in [4.69, 9.17) is 4.74 Å². The average molecular weight is 337 g/mol. The van der Waals surface area contributed by atoms with Crippen LogP contribution in [-0.2, 0) is 4.74 Å². The van der Waals surface area contributed by atoms with Crippen molar-refractivity contribution in [1.29, 1.82) is 0 Å². The molecule has 2 unspecified atom stereocenters. The molecule has 2 aromatic carbocycles. The third-order valence-corrected chi connectivity index (χ3v) is 5.49. The molecule has 1 heterocycles. The highest BCUT2D eigenvalue weighted by Crippen LogP contribution is 2.31. The van der Waals surface area contributed by atoms with E-state index in [9.17, 15) is 0 Å². The number of hydrogen-bond acceptors (Lipinski definition) is 1. The van der Waals surface area contributed by atoms with Crippen molar-refractivity contribution in [2.75, 3.05) is 6.61 Å². The van der Waals surface area contributed by atoms with Gasteiger partial charge in [0.05, 0.1) is 12.7 Å². The molecule has 1 heteroatoms. The number of unbranched alkanes of at least 4 members (excludes halogenated alkanes) is 4. The van der Waals surface area contributed by atoms with Crippen LogP contribution in [0.25, 0.3) is 11.1 Å². The Morgan fingerprint density at radius 1 is 0.800 bits per heavy atom. The Hall–Kier alpha value is -1.60. The molecule has 3 rings (SSSR count). The summed E-state index contributed by atoms with van der Waals surface area (Å²) in [5, 5.41) is 0. The molecule has 2 atom stereocenters. The number of rotatable bonds is 8. The Balaban J connectivity index is 1.45. The van der Waals surface area contributed by atoms with E-state index in [1.54, 1.807) is 0 Å². The van der Waals surface area contributed by atoms with Crippen LogP contribution in [0.4, 0.5) is 0 Å². The summed E-state index contributed by atoms with van der Waals surface area (Å²) in [6.45, 7) is 3.17. The second-order valence-corrected chi connectivity index (χ2v) is 7.42. The van der Waals surface area contributed by atoms with Crippen molar-refractivity contribution in [3.8, 4) is 11.1 Å².